The first-order valence-electron chi connectivity index (χ1n) is 6.72. The summed E-state index contributed by atoms with van der Waals surface area (Å²) in [6.45, 7) is 15.1. The number of hydrogen-bond donors (Lipinski definition) is 1. The van der Waals surface area contributed by atoms with Crippen LogP contribution >= 0.6 is 0 Å². The molecule has 0 bridgehead atoms. The van der Waals surface area contributed by atoms with Gasteiger partial charge in [-0.15, -0.1) is 0 Å². The van der Waals surface area contributed by atoms with E-state index in [0.717, 1.165) is 6.42 Å². The topological polar surface area (TPSA) is 29.3 Å². The Morgan fingerprint density at radius 2 is 1.88 bits per heavy atom. The smallest absolute Gasteiger partial charge is 0.0300 e. The Hall–Kier alpha value is -0.0800. The largest absolute Gasteiger partial charge is 0.326 e. The summed E-state index contributed by atoms with van der Waals surface area (Å²) in [4.78, 5) is 2.65. The van der Waals surface area contributed by atoms with Crippen molar-refractivity contribution in [2.75, 3.05) is 6.54 Å². The molecule has 1 heterocycles. The zero-order valence-corrected chi connectivity index (χ0v) is 12.0. The van der Waals surface area contributed by atoms with E-state index in [0.29, 0.717) is 11.6 Å². The van der Waals surface area contributed by atoms with Crippen molar-refractivity contribution in [1.29, 1.82) is 0 Å². The molecule has 1 fully saturated rings. The molecule has 16 heavy (non-hydrogen) atoms. The third kappa shape index (κ3) is 2.78. The van der Waals surface area contributed by atoms with Crippen molar-refractivity contribution in [1.82, 2.24) is 4.90 Å². The number of likely N-dealkylation sites (tertiary alicyclic amines) is 1. The average molecular weight is 226 g/mol. The second-order valence-electron chi connectivity index (χ2n) is 6.99. The molecule has 1 rings (SSSR count). The van der Waals surface area contributed by atoms with Crippen LogP contribution in [-0.4, -0.2) is 29.1 Å². The lowest BCUT2D eigenvalue weighted by Crippen LogP contribution is -2.58. The summed E-state index contributed by atoms with van der Waals surface area (Å²) in [5.41, 5.74) is 6.95. The van der Waals surface area contributed by atoms with Crippen LogP contribution in [0.1, 0.15) is 60.8 Å². The molecule has 0 aromatic rings. The molecule has 2 N–H and O–H groups in total. The second kappa shape index (κ2) is 4.66. The number of rotatable bonds is 3. The molecule has 2 atom stereocenters. The number of hydrogen-bond acceptors (Lipinski definition) is 2. The summed E-state index contributed by atoms with van der Waals surface area (Å²) in [7, 11) is 0. The molecule has 0 amide bonds. The van der Waals surface area contributed by atoms with Crippen molar-refractivity contribution in [2.24, 2.45) is 11.1 Å². The predicted molar refractivity (Wildman–Crippen MR) is 71.5 cm³/mol. The molecule has 1 saturated heterocycles. The summed E-state index contributed by atoms with van der Waals surface area (Å²) in [5.74, 6) is 0. The normalized spacial score (nSPS) is 25.7. The van der Waals surface area contributed by atoms with E-state index in [-0.39, 0.29) is 11.5 Å². The Bertz CT molecular complexity index is 227. The highest BCUT2D eigenvalue weighted by Crippen LogP contribution is 2.37. The summed E-state index contributed by atoms with van der Waals surface area (Å²) in [6, 6.07) is 0.785. The number of nitrogens with two attached hydrogens (primary N) is 1. The van der Waals surface area contributed by atoms with Gasteiger partial charge in [-0.1, -0.05) is 27.7 Å². The van der Waals surface area contributed by atoms with E-state index in [2.05, 4.69) is 46.4 Å². The van der Waals surface area contributed by atoms with Gasteiger partial charge in [0.1, 0.15) is 0 Å². The lowest BCUT2D eigenvalue weighted by molar-refractivity contribution is 0.0289. The van der Waals surface area contributed by atoms with Crippen LogP contribution in [-0.2, 0) is 0 Å². The van der Waals surface area contributed by atoms with Crippen molar-refractivity contribution in [3.8, 4) is 0 Å². The third-order valence-corrected chi connectivity index (χ3v) is 4.07. The molecule has 96 valence electrons. The van der Waals surface area contributed by atoms with Crippen LogP contribution < -0.4 is 5.73 Å². The molecule has 0 radical (unpaired) electrons. The Balaban J connectivity index is 2.93. The van der Waals surface area contributed by atoms with Crippen molar-refractivity contribution in [2.45, 2.75) is 78.4 Å². The molecule has 2 unspecified atom stereocenters. The SMILES string of the molecule is CCC(N)C(N1CCCC1(C)C)C(C)(C)C. The minimum absolute atomic E-state index is 0.261. The summed E-state index contributed by atoms with van der Waals surface area (Å²) >= 11 is 0. The van der Waals surface area contributed by atoms with Crippen LogP contribution in [0.5, 0.6) is 0 Å². The first-order valence-corrected chi connectivity index (χ1v) is 6.72. The van der Waals surface area contributed by atoms with Gasteiger partial charge in [0.05, 0.1) is 0 Å². The maximum atomic E-state index is 6.36. The maximum Gasteiger partial charge on any atom is 0.0300 e. The molecule has 2 nitrogen and oxygen atoms in total. The van der Waals surface area contributed by atoms with Crippen molar-refractivity contribution < 1.29 is 0 Å². The van der Waals surface area contributed by atoms with E-state index in [4.69, 9.17) is 5.73 Å². The fourth-order valence-corrected chi connectivity index (χ4v) is 3.21. The molecule has 0 aromatic carbocycles. The Morgan fingerprint density at radius 1 is 1.31 bits per heavy atom. The van der Waals surface area contributed by atoms with Crippen molar-refractivity contribution in [3.63, 3.8) is 0 Å². The van der Waals surface area contributed by atoms with Gasteiger partial charge in [-0.05, 0) is 45.1 Å². The molecule has 0 aliphatic carbocycles. The monoisotopic (exact) mass is 226 g/mol. The molecular weight excluding hydrogens is 196 g/mol. The molecule has 0 aromatic heterocycles. The van der Waals surface area contributed by atoms with Crippen molar-refractivity contribution in [3.05, 3.63) is 0 Å². The first kappa shape index (κ1) is 14.0. The molecule has 1 aliphatic heterocycles. The first-order chi connectivity index (χ1) is 7.20. The van der Waals surface area contributed by atoms with Gasteiger partial charge >= 0.3 is 0 Å². The average Bonchev–Trinajstić information content (AvgIpc) is 2.44. The van der Waals surface area contributed by atoms with Gasteiger partial charge in [-0.2, -0.15) is 0 Å². The van der Waals surface area contributed by atoms with Crippen LogP contribution in [0, 0.1) is 5.41 Å². The third-order valence-electron chi connectivity index (χ3n) is 4.07. The second-order valence-corrected chi connectivity index (χ2v) is 6.99. The lowest BCUT2D eigenvalue weighted by atomic mass is 9.79. The highest BCUT2D eigenvalue weighted by molar-refractivity contribution is 4.99. The van der Waals surface area contributed by atoms with Gasteiger partial charge in [0.2, 0.25) is 0 Å². The van der Waals surface area contributed by atoms with E-state index in [1.165, 1.54) is 19.4 Å². The minimum Gasteiger partial charge on any atom is -0.326 e. The van der Waals surface area contributed by atoms with E-state index in [1.807, 2.05) is 0 Å². The molecule has 1 aliphatic rings. The number of nitrogens with zero attached hydrogens (tertiary/aromatic N) is 1. The lowest BCUT2D eigenvalue weighted by Gasteiger charge is -2.47. The molecule has 2 heteroatoms. The van der Waals surface area contributed by atoms with Crippen LogP contribution in [0.3, 0.4) is 0 Å². The van der Waals surface area contributed by atoms with Crippen LogP contribution in [0.25, 0.3) is 0 Å². The van der Waals surface area contributed by atoms with Gasteiger partial charge in [-0.25, -0.2) is 0 Å². The summed E-state index contributed by atoms with van der Waals surface area (Å²) < 4.78 is 0. The zero-order chi connectivity index (χ0) is 12.6. The van der Waals surface area contributed by atoms with E-state index in [1.54, 1.807) is 0 Å². The minimum atomic E-state index is 0.261. The van der Waals surface area contributed by atoms with Crippen LogP contribution in [0.2, 0.25) is 0 Å². The van der Waals surface area contributed by atoms with E-state index < -0.39 is 0 Å². The highest BCUT2D eigenvalue weighted by Gasteiger charge is 2.43. The van der Waals surface area contributed by atoms with Crippen molar-refractivity contribution >= 4 is 0 Å². The fraction of sp³-hybridized carbons (Fsp3) is 1.00. The quantitative estimate of drug-likeness (QED) is 0.801. The fourth-order valence-electron chi connectivity index (χ4n) is 3.21. The molecule has 0 saturated carbocycles. The summed E-state index contributed by atoms with van der Waals surface area (Å²) in [5, 5.41) is 0. The zero-order valence-electron chi connectivity index (χ0n) is 12.0. The van der Waals surface area contributed by atoms with Gasteiger partial charge in [0.15, 0.2) is 0 Å². The van der Waals surface area contributed by atoms with E-state index >= 15 is 0 Å². The highest BCUT2D eigenvalue weighted by atomic mass is 15.3. The molecular formula is C14H30N2. The Morgan fingerprint density at radius 3 is 2.19 bits per heavy atom. The Kier molecular flexibility index (Phi) is 4.07. The summed E-state index contributed by atoms with van der Waals surface area (Å²) in [6.07, 6.45) is 3.68. The maximum absolute atomic E-state index is 6.36. The van der Waals surface area contributed by atoms with Crippen LogP contribution in [0.4, 0.5) is 0 Å². The Labute approximate surface area is 102 Å². The molecule has 0 spiro atoms. The van der Waals surface area contributed by atoms with Gasteiger partial charge < -0.3 is 5.73 Å². The van der Waals surface area contributed by atoms with Gasteiger partial charge in [0.25, 0.3) is 0 Å². The van der Waals surface area contributed by atoms with Gasteiger partial charge in [0, 0.05) is 17.6 Å². The van der Waals surface area contributed by atoms with E-state index in [9.17, 15) is 0 Å². The van der Waals surface area contributed by atoms with Gasteiger partial charge in [-0.3, -0.25) is 4.90 Å². The van der Waals surface area contributed by atoms with Crippen LogP contribution in [0.15, 0.2) is 0 Å². The predicted octanol–water partition coefficient (Wildman–Crippen LogP) is 3.01. The standard InChI is InChI=1S/C14H30N2/c1-7-11(15)12(13(2,3)4)16-10-8-9-14(16,5)6/h11-12H,7-10,15H2,1-6H3.